The van der Waals surface area contributed by atoms with Crippen LogP contribution in [0.15, 0.2) is 18.2 Å². The third-order valence-corrected chi connectivity index (χ3v) is 3.88. The van der Waals surface area contributed by atoms with Gasteiger partial charge in [-0.25, -0.2) is 4.39 Å². The van der Waals surface area contributed by atoms with Crippen LogP contribution in [-0.4, -0.2) is 35.1 Å². The molecule has 0 bridgehead atoms. The van der Waals surface area contributed by atoms with Gasteiger partial charge >= 0.3 is 0 Å². The highest BCUT2D eigenvalue weighted by Crippen LogP contribution is 2.30. The monoisotopic (exact) mass is 265 g/mol. The number of carbonyl (C=O) groups is 1. The van der Waals surface area contributed by atoms with Crippen molar-refractivity contribution >= 4 is 5.91 Å². The van der Waals surface area contributed by atoms with Crippen LogP contribution in [0.1, 0.15) is 36.2 Å². The lowest BCUT2D eigenvalue weighted by Crippen LogP contribution is -2.50. The molecule has 0 radical (unpaired) electrons. The van der Waals surface area contributed by atoms with E-state index in [1.165, 1.54) is 18.2 Å². The second kappa shape index (κ2) is 4.93. The van der Waals surface area contributed by atoms with Crippen LogP contribution in [0.25, 0.3) is 0 Å². The highest BCUT2D eigenvalue weighted by molar-refractivity contribution is 5.95. The molecule has 104 valence electrons. The first-order valence-electron chi connectivity index (χ1n) is 6.55. The number of carbonyl (C=O) groups excluding carboxylic acids is 1. The summed E-state index contributed by atoms with van der Waals surface area (Å²) in [5, 5.41) is 9.91. The first kappa shape index (κ1) is 14.0. The van der Waals surface area contributed by atoms with Gasteiger partial charge in [0, 0.05) is 24.1 Å². The SMILES string of the molecule is Cc1cc(F)ccc1C(=O)N1CCC(O)C(C)(C)C1. The van der Waals surface area contributed by atoms with Crippen molar-refractivity contribution in [3.63, 3.8) is 0 Å². The minimum Gasteiger partial charge on any atom is -0.392 e. The maximum atomic E-state index is 13.1. The summed E-state index contributed by atoms with van der Waals surface area (Å²) in [6.45, 7) is 6.70. The summed E-state index contributed by atoms with van der Waals surface area (Å²) < 4.78 is 13.1. The van der Waals surface area contributed by atoms with Gasteiger partial charge in [0.1, 0.15) is 5.82 Å². The fourth-order valence-electron chi connectivity index (χ4n) is 2.56. The van der Waals surface area contributed by atoms with Crippen molar-refractivity contribution in [3.05, 3.63) is 35.1 Å². The van der Waals surface area contributed by atoms with Gasteiger partial charge in [-0.05, 0) is 37.1 Å². The number of aliphatic hydroxyl groups excluding tert-OH is 1. The summed E-state index contributed by atoms with van der Waals surface area (Å²) >= 11 is 0. The van der Waals surface area contributed by atoms with E-state index in [-0.39, 0.29) is 23.2 Å². The Morgan fingerprint density at radius 2 is 2.16 bits per heavy atom. The summed E-state index contributed by atoms with van der Waals surface area (Å²) in [5.74, 6) is -0.416. The predicted molar refractivity (Wildman–Crippen MR) is 71.4 cm³/mol. The third kappa shape index (κ3) is 2.78. The second-order valence-corrected chi connectivity index (χ2v) is 5.98. The highest BCUT2D eigenvalue weighted by atomic mass is 19.1. The molecule has 3 nitrogen and oxygen atoms in total. The Morgan fingerprint density at radius 3 is 2.74 bits per heavy atom. The number of halogens is 1. The maximum Gasteiger partial charge on any atom is 0.254 e. The lowest BCUT2D eigenvalue weighted by atomic mass is 9.81. The van der Waals surface area contributed by atoms with E-state index >= 15 is 0 Å². The fourth-order valence-corrected chi connectivity index (χ4v) is 2.56. The molecular formula is C15H20FNO2. The number of likely N-dealkylation sites (tertiary alicyclic amines) is 1. The molecule has 1 heterocycles. The minimum absolute atomic E-state index is 0.0857. The molecule has 1 unspecified atom stereocenters. The van der Waals surface area contributed by atoms with Gasteiger partial charge < -0.3 is 10.0 Å². The van der Waals surface area contributed by atoms with Crippen molar-refractivity contribution in [1.29, 1.82) is 0 Å². The number of rotatable bonds is 1. The van der Waals surface area contributed by atoms with Crippen molar-refractivity contribution in [1.82, 2.24) is 4.90 Å². The summed E-state index contributed by atoms with van der Waals surface area (Å²) in [7, 11) is 0. The molecule has 0 saturated carbocycles. The van der Waals surface area contributed by atoms with Gasteiger partial charge in [-0.3, -0.25) is 4.79 Å². The van der Waals surface area contributed by atoms with Gasteiger partial charge in [0.2, 0.25) is 0 Å². The second-order valence-electron chi connectivity index (χ2n) is 5.98. The molecule has 1 fully saturated rings. The Bertz CT molecular complexity index is 499. The van der Waals surface area contributed by atoms with Crippen LogP contribution in [0.5, 0.6) is 0 Å². The molecule has 1 saturated heterocycles. The summed E-state index contributed by atoms with van der Waals surface area (Å²) in [6.07, 6.45) is 0.199. The lowest BCUT2D eigenvalue weighted by molar-refractivity contribution is -0.0182. The number of piperidine rings is 1. The van der Waals surface area contributed by atoms with Crippen molar-refractivity contribution in [2.75, 3.05) is 13.1 Å². The number of aliphatic hydroxyl groups is 1. The van der Waals surface area contributed by atoms with Gasteiger partial charge in [-0.2, -0.15) is 0 Å². The molecule has 0 spiro atoms. The molecule has 0 aromatic heterocycles. The van der Waals surface area contributed by atoms with Crippen molar-refractivity contribution in [2.45, 2.75) is 33.3 Å². The van der Waals surface area contributed by atoms with E-state index in [4.69, 9.17) is 0 Å². The van der Waals surface area contributed by atoms with Crippen LogP contribution in [0, 0.1) is 18.2 Å². The Balaban J connectivity index is 2.21. The molecule has 0 aliphatic carbocycles. The Hall–Kier alpha value is -1.42. The topological polar surface area (TPSA) is 40.5 Å². The number of hydrogen-bond acceptors (Lipinski definition) is 2. The zero-order chi connectivity index (χ0) is 14.2. The number of amides is 1. The Morgan fingerprint density at radius 1 is 1.47 bits per heavy atom. The molecule has 19 heavy (non-hydrogen) atoms. The van der Waals surface area contributed by atoms with Crippen molar-refractivity contribution in [3.8, 4) is 0 Å². The van der Waals surface area contributed by atoms with E-state index in [2.05, 4.69) is 0 Å². The molecule has 1 aromatic carbocycles. The molecule has 4 heteroatoms. The smallest absolute Gasteiger partial charge is 0.254 e. The third-order valence-electron chi connectivity index (χ3n) is 3.88. The molecule has 1 atom stereocenters. The molecule has 1 aliphatic heterocycles. The molecule has 2 rings (SSSR count). The van der Waals surface area contributed by atoms with Crippen LogP contribution in [-0.2, 0) is 0 Å². The standard InChI is InChI=1S/C15H20FNO2/c1-10-8-11(16)4-5-12(10)14(19)17-7-6-13(18)15(2,3)9-17/h4-5,8,13,18H,6-7,9H2,1-3H3. The van der Waals surface area contributed by atoms with Crippen LogP contribution in [0.3, 0.4) is 0 Å². The first-order valence-corrected chi connectivity index (χ1v) is 6.55. The quantitative estimate of drug-likeness (QED) is 0.847. The summed E-state index contributed by atoms with van der Waals surface area (Å²) in [4.78, 5) is 14.2. The van der Waals surface area contributed by atoms with E-state index in [0.29, 0.717) is 30.6 Å². The number of aryl methyl sites for hydroxylation is 1. The predicted octanol–water partition coefficient (Wildman–Crippen LogP) is 2.37. The molecule has 1 N–H and O–H groups in total. The number of benzene rings is 1. The molecule has 1 amide bonds. The van der Waals surface area contributed by atoms with E-state index in [9.17, 15) is 14.3 Å². The largest absolute Gasteiger partial charge is 0.392 e. The van der Waals surface area contributed by atoms with E-state index in [1.54, 1.807) is 11.8 Å². The first-order chi connectivity index (χ1) is 8.81. The molecular weight excluding hydrogens is 245 g/mol. The zero-order valence-corrected chi connectivity index (χ0v) is 11.6. The van der Waals surface area contributed by atoms with E-state index in [1.807, 2.05) is 13.8 Å². The van der Waals surface area contributed by atoms with Gasteiger partial charge in [-0.1, -0.05) is 13.8 Å². The van der Waals surface area contributed by atoms with Crippen LogP contribution >= 0.6 is 0 Å². The lowest BCUT2D eigenvalue weighted by Gasteiger charge is -2.41. The van der Waals surface area contributed by atoms with Crippen LogP contribution in [0.2, 0.25) is 0 Å². The molecule has 1 aromatic rings. The average Bonchev–Trinajstić information content (AvgIpc) is 2.32. The zero-order valence-electron chi connectivity index (χ0n) is 11.6. The van der Waals surface area contributed by atoms with Crippen molar-refractivity contribution < 1.29 is 14.3 Å². The van der Waals surface area contributed by atoms with Crippen LogP contribution in [0.4, 0.5) is 4.39 Å². The summed E-state index contributed by atoms with van der Waals surface area (Å²) in [5.41, 5.74) is 0.879. The Kier molecular flexibility index (Phi) is 3.63. The average molecular weight is 265 g/mol. The highest BCUT2D eigenvalue weighted by Gasteiger charge is 2.36. The van der Waals surface area contributed by atoms with Gasteiger partial charge in [0.25, 0.3) is 5.91 Å². The van der Waals surface area contributed by atoms with Crippen LogP contribution < -0.4 is 0 Å². The van der Waals surface area contributed by atoms with Gasteiger partial charge in [0.05, 0.1) is 6.10 Å². The maximum absolute atomic E-state index is 13.1. The van der Waals surface area contributed by atoms with Gasteiger partial charge in [-0.15, -0.1) is 0 Å². The van der Waals surface area contributed by atoms with E-state index < -0.39 is 0 Å². The summed E-state index contributed by atoms with van der Waals surface area (Å²) in [6, 6.07) is 4.21. The normalized spacial score (nSPS) is 22.4. The van der Waals surface area contributed by atoms with E-state index in [0.717, 1.165) is 0 Å². The number of hydrogen-bond donors (Lipinski definition) is 1. The Labute approximate surface area is 113 Å². The fraction of sp³-hybridized carbons (Fsp3) is 0.533. The minimum atomic E-state index is -0.383. The van der Waals surface area contributed by atoms with Gasteiger partial charge in [0.15, 0.2) is 0 Å². The van der Waals surface area contributed by atoms with Crippen molar-refractivity contribution in [2.24, 2.45) is 5.41 Å². The number of nitrogens with zero attached hydrogens (tertiary/aromatic N) is 1. The molecule has 1 aliphatic rings.